The third kappa shape index (κ3) is 3.28. The Morgan fingerprint density at radius 3 is 2.57 bits per heavy atom. The van der Waals surface area contributed by atoms with Gasteiger partial charge in [0.05, 0.1) is 12.4 Å². The second-order valence-corrected chi connectivity index (χ2v) is 4.72. The van der Waals surface area contributed by atoms with Crippen LogP contribution in [0, 0.1) is 0 Å². The molecule has 1 unspecified atom stereocenters. The number of hydrogen-bond donors (Lipinski definition) is 3. The van der Waals surface area contributed by atoms with Gasteiger partial charge >= 0.3 is 5.97 Å². The molecule has 0 radical (unpaired) electrons. The molecule has 2 rings (SSSR count). The molecule has 6 nitrogen and oxygen atoms in total. The smallest absolute Gasteiger partial charge is 0.354 e. The van der Waals surface area contributed by atoms with Crippen molar-refractivity contribution < 1.29 is 14.7 Å². The summed E-state index contributed by atoms with van der Waals surface area (Å²) in [5, 5.41) is 11.7. The molecule has 1 amide bonds. The van der Waals surface area contributed by atoms with Crippen LogP contribution in [0.4, 0.5) is 0 Å². The summed E-state index contributed by atoms with van der Waals surface area (Å²) in [6, 6.07) is 7.69. The van der Waals surface area contributed by atoms with Gasteiger partial charge in [0.25, 0.3) is 5.91 Å². The predicted molar refractivity (Wildman–Crippen MR) is 77.2 cm³/mol. The van der Waals surface area contributed by atoms with Gasteiger partial charge in [-0.3, -0.25) is 4.79 Å². The number of aryl methyl sites for hydroxylation is 1. The number of aromatic carboxylic acids is 1. The Balaban J connectivity index is 2.11. The summed E-state index contributed by atoms with van der Waals surface area (Å²) >= 11 is 0. The summed E-state index contributed by atoms with van der Waals surface area (Å²) in [4.78, 5) is 29.2. The third-order valence-corrected chi connectivity index (χ3v) is 3.30. The van der Waals surface area contributed by atoms with E-state index in [9.17, 15) is 9.59 Å². The molecule has 1 aromatic heterocycles. The van der Waals surface area contributed by atoms with Crippen LogP contribution < -0.4 is 5.32 Å². The van der Waals surface area contributed by atoms with E-state index in [0.29, 0.717) is 0 Å². The van der Waals surface area contributed by atoms with E-state index in [1.165, 1.54) is 11.9 Å². The average molecular weight is 287 g/mol. The molecule has 6 heteroatoms. The Bertz CT molecular complexity index is 646. The summed E-state index contributed by atoms with van der Waals surface area (Å²) in [5.74, 6) is -1.72. The summed E-state index contributed by atoms with van der Waals surface area (Å²) in [5.41, 5.74) is 1.85. The lowest BCUT2D eigenvalue weighted by Gasteiger charge is -2.14. The fourth-order valence-corrected chi connectivity index (χ4v) is 2.02. The van der Waals surface area contributed by atoms with Crippen molar-refractivity contribution in [2.45, 2.75) is 26.3 Å². The van der Waals surface area contributed by atoms with Gasteiger partial charge in [-0.15, -0.1) is 0 Å². The lowest BCUT2D eigenvalue weighted by atomic mass is 10.0. The Hall–Kier alpha value is -2.63. The van der Waals surface area contributed by atoms with Crippen LogP contribution >= 0.6 is 0 Å². The zero-order valence-electron chi connectivity index (χ0n) is 11.9. The van der Waals surface area contributed by atoms with Gasteiger partial charge in [-0.05, 0) is 24.5 Å². The number of carboxylic acids is 1. The number of hydrogen-bond acceptors (Lipinski definition) is 3. The minimum absolute atomic E-state index is 0.112. The topological polar surface area (TPSA) is 95.1 Å². The molecule has 21 heavy (non-hydrogen) atoms. The molecule has 0 fully saturated rings. The van der Waals surface area contributed by atoms with E-state index in [4.69, 9.17) is 5.11 Å². The van der Waals surface area contributed by atoms with E-state index in [0.717, 1.165) is 12.0 Å². The maximum absolute atomic E-state index is 12.1. The van der Waals surface area contributed by atoms with Crippen LogP contribution in [0.25, 0.3) is 0 Å². The second-order valence-electron chi connectivity index (χ2n) is 4.72. The minimum atomic E-state index is -1.21. The monoisotopic (exact) mass is 287 g/mol. The van der Waals surface area contributed by atoms with Gasteiger partial charge in [0.2, 0.25) is 0 Å². The van der Waals surface area contributed by atoms with Crippen molar-refractivity contribution in [1.82, 2.24) is 15.3 Å². The number of amides is 1. The van der Waals surface area contributed by atoms with Crippen LogP contribution in [0.3, 0.4) is 0 Å². The molecular weight excluding hydrogens is 270 g/mol. The number of nitrogens with one attached hydrogen (secondary N) is 2. The Kier molecular flexibility index (Phi) is 4.37. The van der Waals surface area contributed by atoms with Crippen LogP contribution in [-0.2, 0) is 6.42 Å². The molecule has 3 N–H and O–H groups in total. The lowest BCUT2D eigenvalue weighted by molar-refractivity contribution is 0.0684. The van der Waals surface area contributed by atoms with E-state index in [-0.39, 0.29) is 17.4 Å². The van der Waals surface area contributed by atoms with Gasteiger partial charge in [-0.1, -0.05) is 31.2 Å². The molecule has 0 aliphatic carbocycles. The average Bonchev–Trinajstić information content (AvgIpc) is 2.97. The van der Waals surface area contributed by atoms with Crippen molar-refractivity contribution in [2.24, 2.45) is 0 Å². The molecule has 0 saturated carbocycles. The van der Waals surface area contributed by atoms with Gasteiger partial charge in [0.15, 0.2) is 11.4 Å². The first-order valence-corrected chi connectivity index (χ1v) is 6.69. The van der Waals surface area contributed by atoms with E-state index >= 15 is 0 Å². The van der Waals surface area contributed by atoms with Crippen LogP contribution in [0.15, 0.2) is 30.6 Å². The van der Waals surface area contributed by atoms with E-state index in [1.54, 1.807) is 0 Å². The Morgan fingerprint density at radius 2 is 2.00 bits per heavy atom. The Morgan fingerprint density at radius 1 is 1.33 bits per heavy atom. The number of aromatic amines is 1. The maximum Gasteiger partial charge on any atom is 0.354 e. The molecule has 0 aliphatic rings. The fourth-order valence-electron chi connectivity index (χ4n) is 2.02. The molecule has 110 valence electrons. The number of aromatic nitrogens is 2. The summed E-state index contributed by atoms with van der Waals surface area (Å²) in [6.07, 6.45) is 2.15. The van der Waals surface area contributed by atoms with Gasteiger partial charge in [-0.2, -0.15) is 0 Å². The molecule has 0 aliphatic heterocycles. The van der Waals surface area contributed by atoms with Crippen molar-refractivity contribution in [2.75, 3.05) is 0 Å². The van der Waals surface area contributed by atoms with Crippen molar-refractivity contribution in [1.29, 1.82) is 0 Å². The van der Waals surface area contributed by atoms with Gasteiger partial charge in [0.1, 0.15) is 0 Å². The van der Waals surface area contributed by atoms with Crippen LogP contribution in [-0.4, -0.2) is 27.0 Å². The molecule has 2 aromatic rings. The number of rotatable bonds is 5. The Labute approximate surface area is 122 Å². The maximum atomic E-state index is 12.1. The number of H-pyrrole nitrogens is 1. The molecule has 0 saturated heterocycles. The molecule has 1 heterocycles. The van der Waals surface area contributed by atoms with Gasteiger partial charge in [0, 0.05) is 0 Å². The van der Waals surface area contributed by atoms with E-state index in [2.05, 4.69) is 22.2 Å². The normalized spacial score (nSPS) is 11.9. The highest BCUT2D eigenvalue weighted by atomic mass is 16.4. The van der Waals surface area contributed by atoms with E-state index < -0.39 is 11.9 Å². The standard InChI is InChI=1S/C15H17N3O3/c1-3-10-4-6-11(7-5-10)9(2)18-14(19)12-13(15(20)21)17-8-16-12/h4-9H,3H2,1-2H3,(H,16,17)(H,18,19)(H,20,21). The zero-order chi connectivity index (χ0) is 15.4. The first-order valence-electron chi connectivity index (χ1n) is 6.69. The predicted octanol–water partition coefficient (Wildman–Crippen LogP) is 2.16. The molecule has 0 spiro atoms. The number of carboxylic acid groups (broad SMARTS) is 1. The van der Waals surface area contributed by atoms with E-state index in [1.807, 2.05) is 31.2 Å². The summed E-state index contributed by atoms with van der Waals surface area (Å²) < 4.78 is 0. The fraction of sp³-hybridized carbons (Fsp3) is 0.267. The number of carbonyl (C=O) groups is 2. The van der Waals surface area contributed by atoms with Crippen LogP contribution in [0.1, 0.15) is 52.0 Å². The van der Waals surface area contributed by atoms with Crippen LogP contribution in [0.2, 0.25) is 0 Å². The molecule has 1 aromatic carbocycles. The van der Waals surface area contributed by atoms with Crippen molar-refractivity contribution >= 4 is 11.9 Å². The van der Waals surface area contributed by atoms with Gasteiger partial charge in [-0.25, -0.2) is 9.78 Å². The molecular formula is C15H17N3O3. The first kappa shape index (κ1) is 14.8. The number of carbonyl (C=O) groups excluding carboxylic acids is 1. The SMILES string of the molecule is CCc1ccc(C(C)NC(=O)c2nc[nH]c2C(=O)O)cc1. The highest BCUT2D eigenvalue weighted by molar-refractivity contribution is 6.02. The first-order chi connectivity index (χ1) is 10.0. The second kappa shape index (κ2) is 6.21. The third-order valence-electron chi connectivity index (χ3n) is 3.30. The zero-order valence-corrected chi connectivity index (χ0v) is 11.9. The summed E-state index contributed by atoms with van der Waals surface area (Å²) in [7, 11) is 0. The highest BCUT2D eigenvalue weighted by Gasteiger charge is 2.21. The van der Waals surface area contributed by atoms with Crippen LogP contribution in [0.5, 0.6) is 0 Å². The minimum Gasteiger partial charge on any atom is -0.477 e. The molecule has 1 atom stereocenters. The number of nitrogens with zero attached hydrogens (tertiary/aromatic N) is 1. The summed E-state index contributed by atoms with van der Waals surface area (Å²) in [6.45, 7) is 3.91. The largest absolute Gasteiger partial charge is 0.477 e. The lowest BCUT2D eigenvalue weighted by Crippen LogP contribution is -2.28. The molecule has 0 bridgehead atoms. The number of benzene rings is 1. The van der Waals surface area contributed by atoms with Crippen molar-refractivity contribution in [3.8, 4) is 0 Å². The quantitative estimate of drug-likeness (QED) is 0.785. The van der Waals surface area contributed by atoms with Gasteiger partial charge < -0.3 is 15.4 Å². The van der Waals surface area contributed by atoms with Crippen molar-refractivity contribution in [3.05, 3.63) is 53.1 Å². The number of imidazole rings is 1. The highest BCUT2D eigenvalue weighted by Crippen LogP contribution is 2.15. The van der Waals surface area contributed by atoms with Crippen molar-refractivity contribution in [3.63, 3.8) is 0 Å².